The van der Waals surface area contributed by atoms with Gasteiger partial charge in [0.05, 0.1) is 29.4 Å². The van der Waals surface area contributed by atoms with Crippen LogP contribution >= 0.6 is 0 Å². The van der Waals surface area contributed by atoms with Crippen molar-refractivity contribution < 1.29 is 4.79 Å². The maximum absolute atomic E-state index is 13.6. The van der Waals surface area contributed by atoms with E-state index in [1.54, 1.807) is 21.8 Å². The summed E-state index contributed by atoms with van der Waals surface area (Å²) in [6, 6.07) is 19.4. The second-order valence-corrected chi connectivity index (χ2v) is 8.57. The van der Waals surface area contributed by atoms with E-state index in [0.717, 1.165) is 35.2 Å². The first-order valence-corrected chi connectivity index (χ1v) is 11.4. The van der Waals surface area contributed by atoms with Crippen molar-refractivity contribution in [1.82, 2.24) is 29.5 Å². The van der Waals surface area contributed by atoms with Gasteiger partial charge in [0.25, 0.3) is 5.91 Å². The summed E-state index contributed by atoms with van der Waals surface area (Å²) in [5.41, 5.74) is 3.99. The van der Waals surface area contributed by atoms with Crippen molar-refractivity contribution in [3.05, 3.63) is 95.6 Å². The molecular formula is C26H23N7O. The van der Waals surface area contributed by atoms with Crippen molar-refractivity contribution in [2.24, 2.45) is 0 Å². The maximum Gasteiger partial charge on any atom is 0.257 e. The van der Waals surface area contributed by atoms with Gasteiger partial charge in [0.2, 0.25) is 0 Å². The average molecular weight is 450 g/mol. The Morgan fingerprint density at radius 2 is 1.88 bits per heavy atom. The number of fused-ring (bicyclic) bond motifs is 1. The van der Waals surface area contributed by atoms with Crippen LogP contribution in [-0.2, 0) is 6.54 Å². The molecule has 4 aromatic heterocycles. The van der Waals surface area contributed by atoms with Gasteiger partial charge in [-0.25, -0.2) is 14.6 Å². The molecule has 1 aliphatic rings. The fourth-order valence-corrected chi connectivity index (χ4v) is 4.22. The van der Waals surface area contributed by atoms with E-state index < -0.39 is 0 Å². The summed E-state index contributed by atoms with van der Waals surface area (Å²) in [7, 11) is 0. The van der Waals surface area contributed by atoms with Gasteiger partial charge < -0.3 is 5.32 Å². The van der Waals surface area contributed by atoms with Gasteiger partial charge in [-0.05, 0) is 43.5 Å². The predicted octanol–water partition coefficient (Wildman–Crippen LogP) is 4.50. The van der Waals surface area contributed by atoms with E-state index in [4.69, 9.17) is 4.98 Å². The summed E-state index contributed by atoms with van der Waals surface area (Å²) in [6.07, 6.45) is 5.59. The monoisotopic (exact) mass is 449 g/mol. The summed E-state index contributed by atoms with van der Waals surface area (Å²) in [4.78, 5) is 22.9. The Morgan fingerprint density at radius 3 is 2.65 bits per heavy atom. The molecule has 5 aromatic rings. The number of carbonyl (C=O) groups excluding carboxylic acids is 1. The molecule has 0 radical (unpaired) electrons. The van der Waals surface area contributed by atoms with Crippen LogP contribution in [0.25, 0.3) is 16.9 Å². The molecule has 0 saturated heterocycles. The van der Waals surface area contributed by atoms with Gasteiger partial charge in [0, 0.05) is 23.9 Å². The lowest BCUT2D eigenvalue weighted by atomic mass is 10.1. The number of hydrogen-bond donors (Lipinski definition) is 1. The number of amides is 1. The fourth-order valence-electron chi connectivity index (χ4n) is 4.22. The molecule has 4 heterocycles. The largest absolute Gasteiger partial charge is 0.307 e. The van der Waals surface area contributed by atoms with Crippen LogP contribution in [0.4, 0.5) is 5.82 Å². The number of nitrogens with one attached hydrogen (secondary N) is 1. The molecule has 1 amide bonds. The van der Waals surface area contributed by atoms with Crippen LogP contribution in [0.3, 0.4) is 0 Å². The van der Waals surface area contributed by atoms with Crippen LogP contribution in [0.5, 0.6) is 0 Å². The smallest absolute Gasteiger partial charge is 0.257 e. The van der Waals surface area contributed by atoms with E-state index >= 15 is 0 Å². The summed E-state index contributed by atoms with van der Waals surface area (Å²) in [6.45, 7) is 2.47. The van der Waals surface area contributed by atoms with Crippen LogP contribution in [0.15, 0.2) is 73.1 Å². The molecule has 168 valence electrons. The van der Waals surface area contributed by atoms with Crippen molar-refractivity contribution in [1.29, 1.82) is 0 Å². The average Bonchev–Trinajstić information content (AvgIpc) is 3.56. The molecule has 1 saturated carbocycles. The highest BCUT2D eigenvalue weighted by Crippen LogP contribution is 2.40. The van der Waals surface area contributed by atoms with E-state index in [2.05, 4.69) is 20.5 Å². The summed E-state index contributed by atoms with van der Waals surface area (Å²) >= 11 is 0. The number of anilines is 1. The highest BCUT2D eigenvalue weighted by molar-refractivity contribution is 6.12. The van der Waals surface area contributed by atoms with E-state index in [1.807, 2.05) is 67.6 Å². The number of aromatic nitrogens is 6. The molecule has 6 rings (SSSR count). The Hall–Kier alpha value is -4.33. The minimum absolute atomic E-state index is 0.201. The quantitative estimate of drug-likeness (QED) is 0.412. The van der Waals surface area contributed by atoms with E-state index in [-0.39, 0.29) is 5.91 Å². The van der Waals surface area contributed by atoms with Gasteiger partial charge in [-0.1, -0.05) is 36.4 Å². The lowest BCUT2D eigenvalue weighted by Crippen LogP contribution is -2.17. The van der Waals surface area contributed by atoms with Crippen LogP contribution < -0.4 is 5.32 Å². The molecule has 0 spiro atoms. The van der Waals surface area contributed by atoms with E-state index in [1.165, 1.54) is 0 Å². The van der Waals surface area contributed by atoms with E-state index in [9.17, 15) is 4.79 Å². The normalized spacial score (nSPS) is 13.3. The third-order valence-electron chi connectivity index (χ3n) is 6.07. The van der Waals surface area contributed by atoms with Crippen molar-refractivity contribution in [2.45, 2.75) is 32.2 Å². The first-order chi connectivity index (χ1) is 16.7. The number of nitrogens with zero attached hydrogens (tertiary/aromatic N) is 6. The van der Waals surface area contributed by atoms with Crippen molar-refractivity contribution in [3.8, 4) is 5.82 Å². The molecule has 0 atom stereocenters. The van der Waals surface area contributed by atoms with Gasteiger partial charge in [-0.3, -0.25) is 4.79 Å². The zero-order chi connectivity index (χ0) is 23.1. The number of hydrogen-bond acceptors (Lipinski definition) is 5. The number of carbonyl (C=O) groups is 1. The second-order valence-electron chi connectivity index (χ2n) is 8.57. The molecule has 1 N–H and O–H groups in total. The zero-order valence-electron chi connectivity index (χ0n) is 18.7. The molecule has 34 heavy (non-hydrogen) atoms. The standard InChI is InChI=1S/C26H23N7O/c1-17-24-20(26(34)30-23-12-14-28-32(23)16-18-7-3-2-4-8-18)15-21(19-10-11-19)29-25(24)33(31-17)22-9-5-6-13-27-22/h2-9,12-15,19H,10-11,16H2,1H3,(H,30,34). The lowest BCUT2D eigenvalue weighted by Gasteiger charge is -2.11. The molecule has 1 fully saturated rings. The summed E-state index contributed by atoms with van der Waals surface area (Å²) < 4.78 is 3.52. The van der Waals surface area contributed by atoms with Crippen LogP contribution in [0.2, 0.25) is 0 Å². The molecule has 8 nitrogen and oxygen atoms in total. The summed E-state index contributed by atoms with van der Waals surface area (Å²) in [5, 5.41) is 12.9. The van der Waals surface area contributed by atoms with Crippen molar-refractivity contribution in [3.63, 3.8) is 0 Å². The zero-order valence-corrected chi connectivity index (χ0v) is 18.7. The third kappa shape index (κ3) is 3.73. The van der Waals surface area contributed by atoms with Gasteiger partial charge in [-0.15, -0.1) is 0 Å². The van der Waals surface area contributed by atoms with Crippen LogP contribution in [-0.4, -0.2) is 35.4 Å². The predicted molar refractivity (Wildman–Crippen MR) is 129 cm³/mol. The summed E-state index contributed by atoms with van der Waals surface area (Å²) in [5.74, 6) is 1.50. The number of aryl methyl sites for hydroxylation is 1. The van der Waals surface area contributed by atoms with Gasteiger partial charge >= 0.3 is 0 Å². The van der Waals surface area contributed by atoms with Crippen LogP contribution in [0, 0.1) is 6.92 Å². The molecule has 8 heteroatoms. The van der Waals surface area contributed by atoms with Crippen molar-refractivity contribution >= 4 is 22.8 Å². The first kappa shape index (κ1) is 20.3. The first-order valence-electron chi connectivity index (χ1n) is 11.4. The molecule has 0 unspecified atom stereocenters. The molecule has 1 aliphatic carbocycles. The molecule has 0 bridgehead atoms. The van der Waals surface area contributed by atoms with Crippen LogP contribution in [0.1, 0.15) is 46.1 Å². The Bertz CT molecular complexity index is 1480. The van der Waals surface area contributed by atoms with Gasteiger partial charge in [0.1, 0.15) is 5.82 Å². The second kappa shape index (κ2) is 8.22. The lowest BCUT2D eigenvalue weighted by molar-refractivity contribution is 0.102. The molecule has 0 aliphatic heterocycles. The topological polar surface area (TPSA) is 90.5 Å². The highest BCUT2D eigenvalue weighted by atomic mass is 16.1. The fraction of sp³-hybridized carbons (Fsp3) is 0.192. The minimum atomic E-state index is -0.201. The Morgan fingerprint density at radius 1 is 1.06 bits per heavy atom. The Labute approximate surface area is 196 Å². The number of rotatable bonds is 6. The van der Waals surface area contributed by atoms with E-state index in [0.29, 0.717) is 35.3 Å². The molecule has 1 aromatic carbocycles. The van der Waals surface area contributed by atoms with Gasteiger partial charge in [0.15, 0.2) is 11.5 Å². The number of benzene rings is 1. The third-order valence-corrected chi connectivity index (χ3v) is 6.07. The highest BCUT2D eigenvalue weighted by Gasteiger charge is 2.29. The van der Waals surface area contributed by atoms with Gasteiger partial charge in [-0.2, -0.15) is 14.9 Å². The Kier molecular flexibility index (Phi) is 4.91. The maximum atomic E-state index is 13.6. The Balaban J connectivity index is 1.40. The number of pyridine rings is 2. The molecular weight excluding hydrogens is 426 g/mol. The SMILES string of the molecule is Cc1nn(-c2ccccn2)c2nc(C3CC3)cc(C(=O)Nc3ccnn3Cc3ccccc3)c12. The minimum Gasteiger partial charge on any atom is -0.307 e. The van der Waals surface area contributed by atoms with Crippen molar-refractivity contribution in [2.75, 3.05) is 5.32 Å².